The first-order chi connectivity index (χ1) is 11.5. The van der Waals surface area contributed by atoms with E-state index in [2.05, 4.69) is 0 Å². The fourth-order valence-corrected chi connectivity index (χ4v) is 2.47. The number of carbonyl (C=O) groups is 1. The smallest absolute Gasteiger partial charge is 0.253 e. The zero-order valence-corrected chi connectivity index (χ0v) is 14.7. The molecule has 1 unspecified atom stereocenters. The average Bonchev–Trinajstić information content (AvgIpc) is 2.61. The third-order valence-corrected chi connectivity index (χ3v) is 4.07. The van der Waals surface area contributed by atoms with Gasteiger partial charge in [-0.2, -0.15) is 0 Å². The SMILES string of the molecule is CCN(CC)C(=O)c1ccc(OCC(O)c2ccc(Cl)cc2)cc1. The molecule has 0 bridgehead atoms. The number of benzene rings is 2. The number of amides is 1. The summed E-state index contributed by atoms with van der Waals surface area (Å²) in [4.78, 5) is 14.0. The predicted molar refractivity (Wildman–Crippen MR) is 95.6 cm³/mol. The van der Waals surface area contributed by atoms with E-state index in [1.807, 2.05) is 13.8 Å². The molecule has 0 spiro atoms. The Morgan fingerprint density at radius 3 is 2.21 bits per heavy atom. The molecular formula is C19H22ClNO3. The van der Waals surface area contributed by atoms with E-state index in [0.717, 1.165) is 5.56 Å². The van der Waals surface area contributed by atoms with Crippen molar-refractivity contribution in [2.24, 2.45) is 0 Å². The molecular weight excluding hydrogens is 326 g/mol. The summed E-state index contributed by atoms with van der Waals surface area (Å²) >= 11 is 5.83. The van der Waals surface area contributed by atoms with Crippen molar-refractivity contribution < 1.29 is 14.6 Å². The van der Waals surface area contributed by atoms with Crippen LogP contribution in [0.4, 0.5) is 0 Å². The summed E-state index contributed by atoms with van der Waals surface area (Å²) in [6, 6.07) is 14.0. The lowest BCUT2D eigenvalue weighted by Crippen LogP contribution is -2.30. The Hall–Kier alpha value is -2.04. The molecule has 2 aromatic carbocycles. The molecule has 0 fully saturated rings. The summed E-state index contributed by atoms with van der Waals surface area (Å²) in [6.45, 7) is 5.40. The number of halogens is 1. The molecule has 0 saturated carbocycles. The van der Waals surface area contributed by atoms with Gasteiger partial charge in [-0.3, -0.25) is 4.79 Å². The minimum absolute atomic E-state index is 0.00717. The molecule has 0 heterocycles. The number of ether oxygens (including phenoxy) is 1. The summed E-state index contributed by atoms with van der Waals surface area (Å²) in [5.41, 5.74) is 1.37. The second kappa shape index (κ2) is 8.71. The van der Waals surface area contributed by atoms with Crippen LogP contribution in [0.2, 0.25) is 5.02 Å². The van der Waals surface area contributed by atoms with E-state index < -0.39 is 6.10 Å². The maximum absolute atomic E-state index is 12.2. The largest absolute Gasteiger partial charge is 0.491 e. The van der Waals surface area contributed by atoms with Gasteiger partial charge >= 0.3 is 0 Å². The second-order valence-electron chi connectivity index (χ2n) is 5.38. The highest BCUT2D eigenvalue weighted by Crippen LogP contribution is 2.19. The summed E-state index contributed by atoms with van der Waals surface area (Å²) in [5, 5.41) is 10.7. The van der Waals surface area contributed by atoms with Crippen molar-refractivity contribution in [1.29, 1.82) is 0 Å². The first-order valence-corrected chi connectivity index (χ1v) is 8.38. The fraction of sp³-hybridized carbons (Fsp3) is 0.316. The molecule has 1 N–H and O–H groups in total. The first-order valence-electron chi connectivity index (χ1n) is 8.00. The lowest BCUT2D eigenvalue weighted by molar-refractivity contribution is 0.0772. The number of hydrogen-bond acceptors (Lipinski definition) is 3. The van der Waals surface area contributed by atoms with Crippen molar-refractivity contribution in [2.45, 2.75) is 20.0 Å². The molecule has 4 nitrogen and oxygen atoms in total. The summed E-state index contributed by atoms with van der Waals surface area (Å²) in [5.74, 6) is 0.617. The molecule has 2 aromatic rings. The summed E-state index contributed by atoms with van der Waals surface area (Å²) < 4.78 is 5.59. The molecule has 24 heavy (non-hydrogen) atoms. The van der Waals surface area contributed by atoms with Crippen molar-refractivity contribution in [1.82, 2.24) is 4.90 Å². The van der Waals surface area contributed by atoms with Crippen molar-refractivity contribution in [3.05, 3.63) is 64.7 Å². The van der Waals surface area contributed by atoms with Crippen molar-refractivity contribution >= 4 is 17.5 Å². The third kappa shape index (κ3) is 4.73. The molecule has 0 aliphatic heterocycles. The minimum Gasteiger partial charge on any atom is -0.491 e. The van der Waals surface area contributed by atoms with Gasteiger partial charge in [0.2, 0.25) is 0 Å². The van der Waals surface area contributed by atoms with Crippen LogP contribution in [0, 0.1) is 0 Å². The van der Waals surface area contributed by atoms with Crippen molar-refractivity contribution in [2.75, 3.05) is 19.7 Å². The lowest BCUT2D eigenvalue weighted by atomic mass is 10.1. The van der Waals surface area contributed by atoms with Gasteiger partial charge in [0.05, 0.1) is 0 Å². The molecule has 2 rings (SSSR count). The van der Waals surface area contributed by atoms with Crippen LogP contribution in [0.15, 0.2) is 48.5 Å². The fourth-order valence-electron chi connectivity index (χ4n) is 2.34. The van der Waals surface area contributed by atoms with Gasteiger partial charge < -0.3 is 14.7 Å². The van der Waals surface area contributed by atoms with E-state index in [4.69, 9.17) is 16.3 Å². The molecule has 0 saturated heterocycles. The van der Waals surface area contributed by atoms with Gasteiger partial charge in [-0.1, -0.05) is 23.7 Å². The van der Waals surface area contributed by atoms with E-state index in [9.17, 15) is 9.90 Å². The number of rotatable bonds is 7. The quantitative estimate of drug-likeness (QED) is 0.825. The highest BCUT2D eigenvalue weighted by Gasteiger charge is 2.13. The number of aliphatic hydroxyl groups is 1. The van der Waals surface area contributed by atoms with Crippen LogP contribution in [0.3, 0.4) is 0 Å². The minimum atomic E-state index is -0.737. The first kappa shape index (κ1) is 18.3. The van der Waals surface area contributed by atoms with Crippen LogP contribution in [-0.4, -0.2) is 35.6 Å². The zero-order valence-electron chi connectivity index (χ0n) is 13.9. The molecule has 5 heteroatoms. The van der Waals surface area contributed by atoms with Gasteiger partial charge in [0.15, 0.2) is 0 Å². The molecule has 0 radical (unpaired) electrons. The number of nitrogens with zero attached hydrogens (tertiary/aromatic N) is 1. The Bertz CT molecular complexity index is 651. The molecule has 0 aliphatic rings. The Morgan fingerprint density at radius 2 is 1.67 bits per heavy atom. The topological polar surface area (TPSA) is 49.8 Å². The molecule has 128 valence electrons. The highest BCUT2D eigenvalue weighted by atomic mass is 35.5. The number of aliphatic hydroxyl groups excluding tert-OH is 1. The zero-order chi connectivity index (χ0) is 17.5. The predicted octanol–water partition coefficient (Wildman–Crippen LogP) is 3.93. The van der Waals surface area contributed by atoms with Gasteiger partial charge in [-0.25, -0.2) is 0 Å². The van der Waals surface area contributed by atoms with E-state index >= 15 is 0 Å². The Labute approximate surface area is 147 Å². The van der Waals surface area contributed by atoms with Crippen molar-refractivity contribution in [3.8, 4) is 5.75 Å². The van der Waals surface area contributed by atoms with Crippen LogP contribution in [-0.2, 0) is 0 Å². The third-order valence-electron chi connectivity index (χ3n) is 3.81. The van der Waals surface area contributed by atoms with Gasteiger partial charge in [0.1, 0.15) is 18.5 Å². The van der Waals surface area contributed by atoms with Crippen LogP contribution < -0.4 is 4.74 Å². The second-order valence-corrected chi connectivity index (χ2v) is 5.82. The van der Waals surface area contributed by atoms with Crippen molar-refractivity contribution in [3.63, 3.8) is 0 Å². The van der Waals surface area contributed by atoms with Crippen LogP contribution in [0.1, 0.15) is 35.9 Å². The molecule has 0 aromatic heterocycles. The standard InChI is InChI=1S/C19H22ClNO3/c1-3-21(4-2)19(23)15-7-11-17(12-8-15)24-13-18(22)14-5-9-16(20)10-6-14/h5-12,18,22H,3-4,13H2,1-2H3. The Kier molecular flexibility index (Phi) is 6.64. The van der Waals surface area contributed by atoms with Gasteiger partial charge in [-0.15, -0.1) is 0 Å². The monoisotopic (exact) mass is 347 g/mol. The van der Waals surface area contributed by atoms with Gasteiger partial charge in [0, 0.05) is 23.7 Å². The highest BCUT2D eigenvalue weighted by molar-refractivity contribution is 6.30. The summed E-state index contributed by atoms with van der Waals surface area (Å²) in [7, 11) is 0. The molecule has 1 amide bonds. The van der Waals surface area contributed by atoms with E-state index in [0.29, 0.717) is 29.4 Å². The number of hydrogen-bond donors (Lipinski definition) is 1. The van der Waals surface area contributed by atoms with Gasteiger partial charge in [0.25, 0.3) is 5.91 Å². The molecule has 0 aliphatic carbocycles. The normalized spacial score (nSPS) is 11.8. The lowest BCUT2D eigenvalue weighted by Gasteiger charge is -2.18. The average molecular weight is 348 g/mol. The summed E-state index contributed by atoms with van der Waals surface area (Å²) in [6.07, 6.45) is -0.737. The molecule has 1 atom stereocenters. The van der Waals surface area contributed by atoms with Gasteiger partial charge in [-0.05, 0) is 55.8 Å². The van der Waals surface area contributed by atoms with Crippen LogP contribution >= 0.6 is 11.6 Å². The van der Waals surface area contributed by atoms with Crippen LogP contribution in [0.25, 0.3) is 0 Å². The Balaban J connectivity index is 1.94. The maximum Gasteiger partial charge on any atom is 0.253 e. The van der Waals surface area contributed by atoms with E-state index in [1.165, 1.54) is 0 Å². The van der Waals surface area contributed by atoms with Crippen LogP contribution in [0.5, 0.6) is 5.75 Å². The van der Waals surface area contributed by atoms with E-state index in [-0.39, 0.29) is 12.5 Å². The van der Waals surface area contributed by atoms with E-state index in [1.54, 1.807) is 53.4 Å². The maximum atomic E-state index is 12.2. The number of carbonyl (C=O) groups excluding carboxylic acids is 1. The Morgan fingerprint density at radius 1 is 1.08 bits per heavy atom.